The van der Waals surface area contributed by atoms with Gasteiger partial charge >= 0.3 is 0 Å². The van der Waals surface area contributed by atoms with Crippen molar-refractivity contribution >= 4 is 29.0 Å². The number of nitrogen functional groups attached to an aromatic ring is 1. The number of ether oxygens (including phenoxy) is 1. The number of aromatic nitrogens is 2. The molecule has 2 aromatic carbocycles. The summed E-state index contributed by atoms with van der Waals surface area (Å²) in [5.74, 6) is 0.653. The van der Waals surface area contributed by atoms with Crippen LogP contribution in [0, 0.1) is 20.8 Å². The maximum Gasteiger partial charge on any atom is 0.269 e. The summed E-state index contributed by atoms with van der Waals surface area (Å²) in [6, 6.07) is 10.8. The number of hydrogen-bond donors (Lipinski definition) is 3. The van der Waals surface area contributed by atoms with Gasteiger partial charge in [0.15, 0.2) is 5.82 Å². The largest absolute Gasteiger partial charge is 0.437 e. The normalized spacial score (nSPS) is 10.4. The maximum atomic E-state index is 12.3. The summed E-state index contributed by atoms with van der Waals surface area (Å²) >= 11 is 6.19. The highest BCUT2D eigenvalue weighted by Gasteiger charge is 2.14. The molecule has 0 aliphatic rings. The van der Waals surface area contributed by atoms with Crippen LogP contribution in [0.15, 0.2) is 42.7 Å². The van der Waals surface area contributed by atoms with Crippen LogP contribution in [-0.2, 0) is 0 Å². The minimum atomic E-state index is -0.303. The summed E-state index contributed by atoms with van der Waals surface area (Å²) in [5, 5.41) is 0.685. The molecule has 0 fully saturated rings. The van der Waals surface area contributed by atoms with Gasteiger partial charge in [0.2, 0.25) is 5.88 Å². The predicted octanol–water partition coefficient (Wildman–Crippen LogP) is 4.19. The van der Waals surface area contributed by atoms with Gasteiger partial charge in [-0.05, 0) is 55.7 Å². The second-order valence-corrected chi connectivity index (χ2v) is 6.69. The highest BCUT2D eigenvalue weighted by molar-refractivity contribution is 6.32. The summed E-state index contributed by atoms with van der Waals surface area (Å²) in [5.41, 5.74) is 14.7. The molecule has 8 heteroatoms. The lowest BCUT2D eigenvalue weighted by molar-refractivity contribution is 0.0962. The molecular formula is C20H20ClN5O2. The van der Waals surface area contributed by atoms with Gasteiger partial charge in [-0.15, -0.1) is 0 Å². The van der Waals surface area contributed by atoms with Gasteiger partial charge in [0.05, 0.1) is 0 Å². The van der Waals surface area contributed by atoms with Crippen LogP contribution in [-0.4, -0.2) is 15.9 Å². The van der Waals surface area contributed by atoms with E-state index in [-0.39, 0.29) is 23.3 Å². The molecule has 0 saturated carbocycles. The van der Waals surface area contributed by atoms with E-state index < -0.39 is 0 Å². The van der Waals surface area contributed by atoms with Gasteiger partial charge in [-0.3, -0.25) is 15.6 Å². The lowest BCUT2D eigenvalue weighted by Crippen LogP contribution is -2.30. The van der Waals surface area contributed by atoms with Crippen LogP contribution in [0.4, 0.5) is 11.5 Å². The molecular weight excluding hydrogens is 378 g/mol. The van der Waals surface area contributed by atoms with Crippen LogP contribution in [0.25, 0.3) is 0 Å². The molecule has 3 aromatic rings. The fourth-order valence-corrected chi connectivity index (χ4v) is 2.76. The molecule has 0 bridgehead atoms. The van der Waals surface area contributed by atoms with Crippen LogP contribution in [0.5, 0.6) is 11.6 Å². The molecule has 1 aromatic heterocycles. The Hall–Kier alpha value is -3.32. The second kappa shape index (κ2) is 8.14. The maximum absolute atomic E-state index is 12.3. The topological polar surface area (TPSA) is 102 Å². The quantitative estimate of drug-likeness (QED) is 0.558. The number of hydrazine groups is 1. The van der Waals surface area contributed by atoms with E-state index in [1.165, 1.54) is 6.33 Å². The lowest BCUT2D eigenvalue weighted by Gasteiger charge is -2.14. The minimum absolute atomic E-state index is 0.165. The molecule has 3 rings (SSSR count). The van der Waals surface area contributed by atoms with Crippen molar-refractivity contribution in [1.82, 2.24) is 15.4 Å². The van der Waals surface area contributed by atoms with Crippen molar-refractivity contribution in [1.29, 1.82) is 0 Å². The fourth-order valence-electron chi connectivity index (χ4n) is 2.65. The number of nitrogens with zero attached hydrogens (tertiary/aromatic N) is 2. The van der Waals surface area contributed by atoms with E-state index in [2.05, 4.69) is 20.8 Å². The molecule has 0 unspecified atom stereocenters. The van der Waals surface area contributed by atoms with Gasteiger partial charge in [-0.25, -0.2) is 4.98 Å². The number of carbonyl (C=O) groups is 1. The van der Waals surface area contributed by atoms with E-state index in [0.717, 1.165) is 16.7 Å². The summed E-state index contributed by atoms with van der Waals surface area (Å²) in [6.07, 6.45) is 1.30. The van der Waals surface area contributed by atoms with Crippen molar-refractivity contribution in [2.24, 2.45) is 0 Å². The highest BCUT2D eigenvalue weighted by atomic mass is 35.5. The van der Waals surface area contributed by atoms with Gasteiger partial charge in [0, 0.05) is 10.6 Å². The van der Waals surface area contributed by atoms with Gasteiger partial charge in [0.1, 0.15) is 17.8 Å². The molecule has 1 heterocycles. The van der Waals surface area contributed by atoms with Crippen LogP contribution < -0.4 is 21.3 Å². The number of amides is 1. The Morgan fingerprint density at radius 2 is 1.75 bits per heavy atom. The smallest absolute Gasteiger partial charge is 0.269 e. The Kier molecular flexibility index (Phi) is 5.65. The SMILES string of the molecule is Cc1ccccc1C(=O)NNc1ncnc(Oc2cc(C)c(Cl)c(C)c2)c1N. The monoisotopic (exact) mass is 397 g/mol. The first-order valence-corrected chi connectivity index (χ1v) is 8.91. The minimum Gasteiger partial charge on any atom is -0.437 e. The number of nitrogens with two attached hydrogens (primary N) is 1. The Bertz CT molecular complexity index is 1020. The number of carbonyl (C=O) groups excluding carboxylic acids is 1. The number of rotatable bonds is 5. The van der Waals surface area contributed by atoms with Crippen molar-refractivity contribution in [2.75, 3.05) is 11.2 Å². The molecule has 7 nitrogen and oxygen atoms in total. The molecule has 4 N–H and O–H groups in total. The lowest BCUT2D eigenvalue weighted by atomic mass is 10.1. The Labute approximate surface area is 167 Å². The van der Waals surface area contributed by atoms with E-state index in [0.29, 0.717) is 16.3 Å². The average molecular weight is 398 g/mol. The van der Waals surface area contributed by atoms with Crippen molar-refractivity contribution in [2.45, 2.75) is 20.8 Å². The Morgan fingerprint density at radius 1 is 1.07 bits per heavy atom. The third kappa shape index (κ3) is 4.15. The van der Waals surface area contributed by atoms with Crippen molar-refractivity contribution < 1.29 is 9.53 Å². The highest BCUT2D eigenvalue weighted by Crippen LogP contribution is 2.32. The van der Waals surface area contributed by atoms with Crippen molar-refractivity contribution in [3.05, 3.63) is 70.0 Å². The molecule has 0 aliphatic heterocycles. The van der Waals surface area contributed by atoms with Crippen LogP contribution in [0.3, 0.4) is 0 Å². The molecule has 0 aliphatic carbocycles. The molecule has 1 amide bonds. The molecule has 0 radical (unpaired) electrons. The van der Waals surface area contributed by atoms with Crippen LogP contribution in [0.2, 0.25) is 5.02 Å². The first-order valence-electron chi connectivity index (χ1n) is 8.54. The van der Waals surface area contributed by atoms with Gasteiger partial charge in [0.25, 0.3) is 5.91 Å². The van der Waals surface area contributed by atoms with Gasteiger partial charge in [-0.2, -0.15) is 4.98 Å². The first kappa shape index (κ1) is 19.4. The third-order valence-electron chi connectivity index (χ3n) is 4.16. The summed E-state index contributed by atoms with van der Waals surface area (Å²) in [7, 11) is 0. The number of anilines is 2. The zero-order chi connectivity index (χ0) is 20.3. The zero-order valence-corrected chi connectivity index (χ0v) is 16.5. The summed E-state index contributed by atoms with van der Waals surface area (Å²) < 4.78 is 5.79. The number of aryl methyl sites for hydroxylation is 3. The summed E-state index contributed by atoms with van der Waals surface area (Å²) in [6.45, 7) is 5.63. The molecule has 0 atom stereocenters. The molecule has 0 spiro atoms. The van der Waals surface area contributed by atoms with E-state index in [4.69, 9.17) is 22.1 Å². The van der Waals surface area contributed by atoms with E-state index in [1.807, 2.05) is 32.9 Å². The van der Waals surface area contributed by atoms with E-state index in [1.54, 1.807) is 24.3 Å². The number of nitrogens with one attached hydrogen (secondary N) is 2. The Morgan fingerprint density at radius 3 is 2.43 bits per heavy atom. The standard InChI is InChI=1S/C20H20ClN5O2/c1-11-6-4-5-7-15(11)19(27)26-25-18-17(22)20(24-10-23-18)28-14-8-12(2)16(21)13(3)9-14/h4-10H,22H2,1-3H3,(H,26,27)(H,23,24,25). The van der Waals surface area contributed by atoms with Crippen molar-refractivity contribution in [3.8, 4) is 11.6 Å². The molecule has 28 heavy (non-hydrogen) atoms. The molecule has 0 saturated heterocycles. The van der Waals surface area contributed by atoms with E-state index >= 15 is 0 Å². The van der Waals surface area contributed by atoms with Crippen LogP contribution in [0.1, 0.15) is 27.0 Å². The zero-order valence-electron chi connectivity index (χ0n) is 15.7. The second-order valence-electron chi connectivity index (χ2n) is 6.31. The third-order valence-corrected chi connectivity index (χ3v) is 4.75. The van der Waals surface area contributed by atoms with E-state index in [9.17, 15) is 4.79 Å². The Balaban J connectivity index is 1.76. The van der Waals surface area contributed by atoms with Gasteiger partial charge in [-0.1, -0.05) is 29.8 Å². The number of halogens is 1. The van der Waals surface area contributed by atoms with Gasteiger partial charge < -0.3 is 10.5 Å². The first-order chi connectivity index (χ1) is 13.4. The number of hydrogen-bond acceptors (Lipinski definition) is 6. The van der Waals surface area contributed by atoms with Crippen LogP contribution >= 0.6 is 11.6 Å². The summed E-state index contributed by atoms with van der Waals surface area (Å²) in [4.78, 5) is 20.5. The number of benzene rings is 2. The average Bonchev–Trinajstić information content (AvgIpc) is 2.67. The predicted molar refractivity (Wildman–Crippen MR) is 110 cm³/mol. The van der Waals surface area contributed by atoms with Crippen molar-refractivity contribution in [3.63, 3.8) is 0 Å². The fraction of sp³-hybridized carbons (Fsp3) is 0.150. The molecule has 144 valence electrons.